The van der Waals surface area contributed by atoms with Gasteiger partial charge in [-0.3, -0.25) is 0 Å². The average molecular weight is 252 g/mol. The van der Waals surface area contributed by atoms with Crippen LogP contribution in [0.5, 0.6) is 0 Å². The topological polar surface area (TPSA) is 28.2 Å². The lowest BCUT2D eigenvalue weighted by Gasteiger charge is -2.39. The summed E-state index contributed by atoms with van der Waals surface area (Å²) in [6.07, 6.45) is 5.72. The quantitative estimate of drug-likeness (QED) is 0.777. The Morgan fingerprint density at radius 2 is 2.35 bits per heavy atom. The van der Waals surface area contributed by atoms with Crippen molar-refractivity contribution in [2.75, 3.05) is 18.0 Å². The van der Waals surface area contributed by atoms with Crippen LogP contribution in [0.1, 0.15) is 24.8 Å². The monoisotopic (exact) mass is 251 g/mol. The maximum atomic E-state index is 5.99. The molecule has 1 aromatic heterocycles. The van der Waals surface area contributed by atoms with Gasteiger partial charge in [-0.2, -0.15) is 0 Å². The van der Waals surface area contributed by atoms with E-state index in [0.717, 1.165) is 18.7 Å². The Morgan fingerprint density at radius 1 is 1.47 bits per heavy atom. The minimum absolute atomic E-state index is 0.617. The normalized spacial score (nSPS) is 28.2. The summed E-state index contributed by atoms with van der Waals surface area (Å²) in [5, 5.41) is 4.21. The van der Waals surface area contributed by atoms with Crippen molar-refractivity contribution in [2.45, 2.75) is 38.3 Å². The van der Waals surface area contributed by atoms with Crippen LogP contribution < -0.4 is 10.2 Å². The summed E-state index contributed by atoms with van der Waals surface area (Å²) in [5.74, 6) is 0. The molecule has 2 aliphatic heterocycles. The number of hydrogen-bond donors (Lipinski definition) is 1. The van der Waals surface area contributed by atoms with Gasteiger partial charge in [0.2, 0.25) is 0 Å². The molecule has 3 heterocycles. The molecule has 0 amide bonds. The van der Waals surface area contributed by atoms with Crippen LogP contribution in [-0.2, 0) is 0 Å². The van der Waals surface area contributed by atoms with Crippen LogP contribution in [-0.4, -0.2) is 30.2 Å². The zero-order valence-corrected chi connectivity index (χ0v) is 10.9. The van der Waals surface area contributed by atoms with Gasteiger partial charge in [-0.15, -0.1) is 0 Å². The van der Waals surface area contributed by atoms with E-state index >= 15 is 0 Å². The third-order valence-corrected chi connectivity index (χ3v) is 4.35. The number of pyridine rings is 1. The minimum Gasteiger partial charge on any atom is -0.366 e. The lowest BCUT2D eigenvalue weighted by molar-refractivity contribution is 0.412. The number of rotatable bonds is 1. The van der Waals surface area contributed by atoms with Crippen molar-refractivity contribution in [1.29, 1.82) is 0 Å². The second-order valence-electron chi connectivity index (χ2n) is 5.05. The van der Waals surface area contributed by atoms with Gasteiger partial charge in [-0.1, -0.05) is 11.6 Å². The Bertz CT molecular complexity index is 421. The summed E-state index contributed by atoms with van der Waals surface area (Å²) >= 11 is 5.99. The van der Waals surface area contributed by atoms with Crippen molar-refractivity contribution < 1.29 is 0 Å². The van der Waals surface area contributed by atoms with Crippen molar-refractivity contribution in [3.63, 3.8) is 0 Å². The number of fused-ring (bicyclic) bond motifs is 1. The van der Waals surface area contributed by atoms with Gasteiger partial charge >= 0.3 is 0 Å². The van der Waals surface area contributed by atoms with Gasteiger partial charge in [0.1, 0.15) is 5.15 Å². The third kappa shape index (κ3) is 2.02. The van der Waals surface area contributed by atoms with Crippen LogP contribution in [0.25, 0.3) is 0 Å². The number of anilines is 1. The van der Waals surface area contributed by atoms with Crippen LogP contribution in [0.3, 0.4) is 0 Å². The van der Waals surface area contributed by atoms with E-state index in [2.05, 4.69) is 21.3 Å². The molecule has 0 aromatic carbocycles. The second-order valence-corrected chi connectivity index (χ2v) is 5.41. The summed E-state index contributed by atoms with van der Waals surface area (Å²) in [4.78, 5) is 6.78. The lowest BCUT2D eigenvalue weighted by Crippen LogP contribution is -2.48. The first-order valence-electron chi connectivity index (χ1n) is 6.38. The molecule has 2 atom stereocenters. The molecule has 0 radical (unpaired) electrons. The molecule has 4 heteroatoms. The molecular weight excluding hydrogens is 234 g/mol. The number of aryl methyl sites for hydroxylation is 1. The highest BCUT2D eigenvalue weighted by atomic mass is 35.5. The van der Waals surface area contributed by atoms with Gasteiger partial charge < -0.3 is 10.2 Å². The summed E-state index contributed by atoms with van der Waals surface area (Å²) in [6.45, 7) is 4.31. The molecule has 0 bridgehead atoms. The molecule has 2 fully saturated rings. The average Bonchev–Trinajstić information content (AvgIpc) is 2.80. The number of piperidine rings is 1. The van der Waals surface area contributed by atoms with E-state index in [0.29, 0.717) is 17.2 Å². The maximum absolute atomic E-state index is 5.99. The molecule has 3 rings (SSSR count). The van der Waals surface area contributed by atoms with E-state index in [-0.39, 0.29) is 0 Å². The fourth-order valence-corrected chi connectivity index (χ4v) is 3.19. The van der Waals surface area contributed by atoms with Gasteiger partial charge in [0.25, 0.3) is 0 Å². The van der Waals surface area contributed by atoms with Crippen LogP contribution in [0.15, 0.2) is 12.3 Å². The smallest absolute Gasteiger partial charge is 0.132 e. The van der Waals surface area contributed by atoms with Crippen LogP contribution >= 0.6 is 11.6 Å². The molecule has 0 unspecified atom stereocenters. The molecule has 1 aromatic rings. The second kappa shape index (κ2) is 4.46. The summed E-state index contributed by atoms with van der Waals surface area (Å²) < 4.78 is 0. The Hall–Kier alpha value is -0.800. The predicted octanol–water partition coefficient (Wildman–Crippen LogP) is 2.37. The van der Waals surface area contributed by atoms with Crippen LogP contribution in [0.4, 0.5) is 5.69 Å². The van der Waals surface area contributed by atoms with E-state index in [1.54, 1.807) is 0 Å². The highest BCUT2D eigenvalue weighted by Gasteiger charge is 2.34. The van der Waals surface area contributed by atoms with E-state index in [9.17, 15) is 0 Å². The maximum Gasteiger partial charge on any atom is 0.132 e. The zero-order chi connectivity index (χ0) is 11.8. The summed E-state index contributed by atoms with van der Waals surface area (Å²) in [5.41, 5.74) is 2.29. The molecule has 17 heavy (non-hydrogen) atoms. The highest BCUT2D eigenvalue weighted by molar-refractivity contribution is 6.30. The number of nitrogens with zero attached hydrogens (tertiary/aromatic N) is 2. The predicted molar refractivity (Wildman–Crippen MR) is 70.8 cm³/mol. The molecule has 0 aliphatic carbocycles. The van der Waals surface area contributed by atoms with Crippen LogP contribution in [0.2, 0.25) is 5.15 Å². The van der Waals surface area contributed by atoms with E-state index in [1.165, 1.54) is 24.9 Å². The highest BCUT2D eigenvalue weighted by Crippen LogP contribution is 2.30. The molecule has 2 aliphatic rings. The number of hydrogen-bond acceptors (Lipinski definition) is 3. The Kier molecular flexibility index (Phi) is 2.97. The van der Waals surface area contributed by atoms with Crippen molar-refractivity contribution in [2.24, 2.45) is 0 Å². The van der Waals surface area contributed by atoms with E-state index < -0.39 is 0 Å². The molecule has 0 spiro atoms. The van der Waals surface area contributed by atoms with Gasteiger partial charge in [-0.05, 0) is 44.4 Å². The summed E-state index contributed by atoms with van der Waals surface area (Å²) in [7, 11) is 0. The van der Waals surface area contributed by atoms with Gasteiger partial charge in [0.15, 0.2) is 0 Å². The van der Waals surface area contributed by atoms with Crippen molar-refractivity contribution >= 4 is 17.3 Å². The molecule has 0 saturated carbocycles. The third-order valence-electron chi connectivity index (χ3n) is 3.96. The lowest BCUT2D eigenvalue weighted by atomic mass is 9.97. The van der Waals surface area contributed by atoms with Gasteiger partial charge in [-0.25, -0.2) is 4.98 Å². The first-order valence-corrected chi connectivity index (χ1v) is 6.75. The molecule has 92 valence electrons. The zero-order valence-electron chi connectivity index (χ0n) is 10.1. The van der Waals surface area contributed by atoms with Crippen molar-refractivity contribution in [3.8, 4) is 0 Å². The fourth-order valence-electron chi connectivity index (χ4n) is 3.09. The first kappa shape index (κ1) is 11.3. The Labute approximate surface area is 107 Å². The molecule has 1 N–H and O–H groups in total. The standard InChI is InChI=1S/C13H18ClN3/c1-9-7-10(8-16-13(9)14)17-6-2-3-11-12(17)4-5-15-11/h7-8,11-12,15H,2-6H2,1H3/t11-,12-/m0/s1. The Balaban J connectivity index is 1.89. The fraction of sp³-hybridized carbons (Fsp3) is 0.615. The summed E-state index contributed by atoms with van der Waals surface area (Å²) in [6, 6.07) is 3.47. The van der Waals surface area contributed by atoms with Crippen LogP contribution in [0, 0.1) is 6.92 Å². The van der Waals surface area contributed by atoms with Crippen molar-refractivity contribution in [1.82, 2.24) is 10.3 Å². The Morgan fingerprint density at radius 3 is 3.18 bits per heavy atom. The first-order chi connectivity index (χ1) is 8.25. The van der Waals surface area contributed by atoms with E-state index in [4.69, 9.17) is 11.6 Å². The van der Waals surface area contributed by atoms with Crippen molar-refractivity contribution in [3.05, 3.63) is 23.0 Å². The minimum atomic E-state index is 0.617. The number of nitrogens with one attached hydrogen (secondary N) is 1. The molecular formula is C13H18ClN3. The molecule has 3 nitrogen and oxygen atoms in total. The SMILES string of the molecule is Cc1cc(N2CCC[C@@H]3NCC[C@@H]32)cnc1Cl. The largest absolute Gasteiger partial charge is 0.366 e. The van der Waals surface area contributed by atoms with Gasteiger partial charge in [0, 0.05) is 18.6 Å². The molecule has 2 saturated heterocycles. The van der Waals surface area contributed by atoms with E-state index in [1.807, 2.05) is 13.1 Å². The number of halogens is 1. The van der Waals surface area contributed by atoms with Gasteiger partial charge in [0.05, 0.1) is 11.9 Å². The number of aromatic nitrogens is 1.